The summed E-state index contributed by atoms with van der Waals surface area (Å²) >= 11 is 0. The molecule has 8 nitrogen and oxygen atoms in total. The SMILES string of the molecule is Cn1c2ccccc2n2c(c3cccn31)=C(O)N(CCN1CCOCC1)CC2=O. The summed E-state index contributed by atoms with van der Waals surface area (Å²) in [4.78, 5) is 17.4. The lowest BCUT2D eigenvalue weighted by atomic mass is 10.2. The van der Waals surface area contributed by atoms with E-state index < -0.39 is 0 Å². The van der Waals surface area contributed by atoms with Crippen molar-refractivity contribution in [3.8, 4) is 0 Å². The molecule has 0 bridgehead atoms. The maximum absolute atomic E-state index is 13.3. The zero-order chi connectivity index (χ0) is 20.0. The van der Waals surface area contributed by atoms with Crippen LogP contribution >= 0.6 is 0 Å². The van der Waals surface area contributed by atoms with Gasteiger partial charge >= 0.3 is 0 Å². The van der Waals surface area contributed by atoms with Gasteiger partial charge < -0.3 is 14.7 Å². The molecule has 0 unspecified atom stereocenters. The van der Waals surface area contributed by atoms with Crippen LogP contribution in [-0.2, 0) is 11.8 Å². The van der Waals surface area contributed by atoms with E-state index in [-0.39, 0.29) is 18.3 Å². The highest BCUT2D eigenvalue weighted by Gasteiger charge is 2.26. The number of aliphatic hydroxyl groups is 1. The number of ether oxygens (including phenoxy) is 1. The van der Waals surface area contributed by atoms with Crippen molar-refractivity contribution >= 4 is 28.3 Å². The number of para-hydroxylation sites is 2. The Balaban J connectivity index is 1.71. The van der Waals surface area contributed by atoms with Gasteiger partial charge in [-0.2, -0.15) is 0 Å². The fourth-order valence-electron chi connectivity index (χ4n) is 4.30. The summed E-state index contributed by atoms with van der Waals surface area (Å²) in [7, 11) is 1.96. The van der Waals surface area contributed by atoms with E-state index >= 15 is 0 Å². The van der Waals surface area contributed by atoms with Crippen LogP contribution in [0.3, 0.4) is 0 Å². The summed E-state index contributed by atoms with van der Waals surface area (Å²) < 4.78 is 11.0. The van der Waals surface area contributed by atoms with Crippen molar-refractivity contribution < 1.29 is 14.6 Å². The number of rotatable bonds is 3. The van der Waals surface area contributed by atoms with E-state index in [4.69, 9.17) is 4.74 Å². The molecule has 3 aromatic rings. The number of aryl methyl sites for hydroxylation is 1. The van der Waals surface area contributed by atoms with Crippen molar-refractivity contribution in [2.45, 2.75) is 0 Å². The fraction of sp³-hybridized carbons (Fsp3) is 0.381. The standard InChI is InChI=1S/C21H25N5O3/c1-22-16-5-2-3-6-17(16)26-19(27)15-24(10-9-23-11-13-29-14-12-23)21(28)20(26)18-7-4-8-25(18)22/h2-8,28H,9-15H2,1H3. The minimum Gasteiger partial charge on any atom is -0.493 e. The number of morpholine rings is 1. The van der Waals surface area contributed by atoms with E-state index in [2.05, 4.69) is 4.90 Å². The van der Waals surface area contributed by atoms with Crippen LogP contribution in [-0.4, -0.2) is 80.5 Å². The molecule has 1 saturated heterocycles. The van der Waals surface area contributed by atoms with Crippen LogP contribution in [0.5, 0.6) is 0 Å². The van der Waals surface area contributed by atoms with Crippen LogP contribution in [0.4, 0.5) is 0 Å². The average molecular weight is 395 g/mol. The van der Waals surface area contributed by atoms with Crippen molar-refractivity contribution in [1.29, 1.82) is 0 Å². The zero-order valence-electron chi connectivity index (χ0n) is 16.5. The first-order chi connectivity index (χ1) is 14.1. The molecular formula is C21H25N5O3. The van der Waals surface area contributed by atoms with Crippen LogP contribution in [0.15, 0.2) is 42.6 Å². The summed E-state index contributed by atoms with van der Waals surface area (Å²) in [5, 5.41) is 11.8. The molecule has 0 spiro atoms. The molecule has 0 radical (unpaired) electrons. The summed E-state index contributed by atoms with van der Waals surface area (Å²) in [5.41, 5.74) is 2.46. The van der Waals surface area contributed by atoms with E-state index in [0.29, 0.717) is 11.9 Å². The van der Waals surface area contributed by atoms with Crippen LogP contribution in [0.25, 0.3) is 22.4 Å². The molecule has 29 heavy (non-hydrogen) atoms. The Morgan fingerprint density at radius 2 is 1.72 bits per heavy atom. The molecule has 1 fully saturated rings. The molecular weight excluding hydrogens is 370 g/mol. The van der Waals surface area contributed by atoms with Gasteiger partial charge in [-0.1, -0.05) is 12.1 Å². The molecule has 8 heteroatoms. The second kappa shape index (κ2) is 7.13. The molecule has 1 aromatic carbocycles. The van der Waals surface area contributed by atoms with Crippen molar-refractivity contribution in [3.05, 3.63) is 47.9 Å². The van der Waals surface area contributed by atoms with E-state index in [1.807, 2.05) is 58.8 Å². The van der Waals surface area contributed by atoms with Crippen LogP contribution in [0, 0.1) is 0 Å². The molecule has 0 atom stereocenters. The predicted molar refractivity (Wildman–Crippen MR) is 110 cm³/mol. The van der Waals surface area contributed by atoms with Crippen LogP contribution in [0.1, 0.15) is 4.79 Å². The molecule has 0 saturated carbocycles. The average Bonchev–Trinajstić information content (AvgIpc) is 3.20. The van der Waals surface area contributed by atoms with Crippen molar-refractivity contribution in [2.24, 2.45) is 7.05 Å². The third kappa shape index (κ3) is 2.95. The lowest BCUT2D eigenvalue weighted by molar-refractivity contribution is 0.0341. The summed E-state index contributed by atoms with van der Waals surface area (Å²) in [6.45, 7) is 4.75. The Morgan fingerprint density at radius 3 is 2.52 bits per heavy atom. The summed E-state index contributed by atoms with van der Waals surface area (Å²) in [6, 6.07) is 11.6. The number of aliphatic hydroxyl groups excluding tert-OH is 1. The summed E-state index contributed by atoms with van der Waals surface area (Å²) in [5.74, 6) is 0.0955. The quantitative estimate of drug-likeness (QED) is 0.716. The Hall–Kier alpha value is -2.97. The monoisotopic (exact) mass is 395 g/mol. The number of aromatic nitrogens is 3. The topological polar surface area (TPSA) is 67.3 Å². The van der Waals surface area contributed by atoms with Gasteiger partial charge in [-0.15, -0.1) is 0 Å². The molecule has 2 aliphatic rings. The van der Waals surface area contributed by atoms with Crippen LogP contribution < -0.4 is 5.35 Å². The van der Waals surface area contributed by atoms with Crippen LogP contribution in [0.2, 0.25) is 0 Å². The largest absolute Gasteiger partial charge is 0.493 e. The second-order valence-electron chi connectivity index (χ2n) is 7.53. The van der Waals surface area contributed by atoms with Gasteiger partial charge in [-0.05, 0) is 24.3 Å². The number of hydrogen-bond donors (Lipinski definition) is 1. The van der Waals surface area contributed by atoms with E-state index in [1.54, 1.807) is 9.47 Å². The van der Waals surface area contributed by atoms with E-state index in [1.165, 1.54) is 0 Å². The highest BCUT2D eigenvalue weighted by molar-refractivity contribution is 5.93. The third-order valence-corrected chi connectivity index (χ3v) is 5.87. The van der Waals surface area contributed by atoms with E-state index in [0.717, 1.165) is 49.4 Å². The van der Waals surface area contributed by atoms with E-state index in [9.17, 15) is 9.90 Å². The number of benzene rings is 1. The Morgan fingerprint density at radius 1 is 1.00 bits per heavy atom. The number of hydrogen-bond acceptors (Lipinski definition) is 5. The van der Waals surface area contributed by atoms with Crippen molar-refractivity contribution in [1.82, 2.24) is 23.6 Å². The lowest BCUT2D eigenvalue weighted by Crippen LogP contribution is -2.48. The van der Waals surface area contributed by atoms with Gasteiger partial charge in [0.2, 0.25) is 5.88 Å². The lowest BCUT2D eigenvalue weighted by Gasteiger charge is -2.32. The van der Waals surface area contributed by atoms with Gasteiger partial charge in [0.1, 0.15) is 11.9 Å². The Labute approximate surface area is 168 Å². The number of carbonyl (C=O) groups excluding carboxylic acids is 1. The smallest absolute Gasteiger partial charge is 0.251 e. The highest BCUT2D eigenvalue weighted by Crippen LogP contribution is 2.17. The normalized spacial score (nSPS) is 17.9. The number of nitrogens with zero attached hydrogens (tertiary/aromatic N) is 5. The van der Waals surface area contributed by atoms with Crippen molar-refractivity contribution in [3.63, 3.8) is 0 Å². The van der Waals surface area contributed by atoms with Gasteiger partial charge in [0.25, 0.3) is 5.91 Å². The van der Waals surface area contributed by atoms with Gasteiger partial charge in [-0.25, -0.2) is 0 Å². The first-order valence-electron chi connectivity index (χ1n) is 9.97. The molecule has 2 aliphatic heterocycles. The molecule has 4 heterocycles. The molecule has 0 aliphatic carbocycles. The second-order valence-corrected chi connectivity index (χ2v) is 7.53. The fourth-order valence-corrected chi connectivity index (χ4v) is 4.30. The maximum atomic E-state index is 13.3. The minimum absolute atomic E-state index is 0.0460. The molecule has 5 rings (SSSR count). The predicted octanol–water partition coefficient (Wildman–Crippen LogP) is 0.988. The minimum atomic E-state index is -0.0460. The number of fused-ring (bicyclic) bond motifs is 5. The Bertz CT molecular complexity index is 1180. The van der Waals surface area contributed by atoms with Crippen molar-refractivity contribution in [2.75, 3.05) is 45.9 Å². The van der Waals surface area contributed by atoms with Gasteiger partial charge in [-0.3, -0.25) is 23.5 Å². The van der Waals surface area contributed by atoms with Gasteiger partial charge in [0.15, 0.2) is 0 Å². The van der Waals surface area contributed by atoms with Gasteiger partial charge in [0.05, 0.1) is 29.8 Å². The summed E-state index contributed by atoms with van der Waals surface area (Å²) in [6.07, 6.45) is 1.94. The van der Waals surface area contributed by atoms with Gasteiger partial charge in [0, 0.05) is 39.4 Å². The third-order valence-electron chi connectivity index (χ3n) is 5.87. The molecule has 0 amide bonds. The maximum Gasteiger partial charge on any atom is 0.251 e. The Kier molecular flexibility index (Phi) is 4.44. The highest BCUT2D eigenvalue weighted by atomic mass is 16.5. The molecule has 1 N–H and O–H groups in total. The zero-order valence-corrected chi connectivity index (χ0v) is 16.5. The molecule has 2 aromatic heterocycles. The first-order valence-corrected chi connectivity index (χ1v) is 9.97. The molecule has 152 valence electrons. The first kappa shape index (κ1) is 18.1. The number of carbonyl (C=O) groups is 1.